The molecule has 0 radical (unpaired) electrons. The zero-order chi connectivity index (χ0) is 15.6. The summed E-state index contributed by atoms with van der Waals surface area (Å²) in [5, 5.41) is 0. The number of sulfonamides is 1. The highest BCUT2D eigenvalue weighted by Gasteiger charge is 2.27. The Morgan fingerprint density at radius 3 is 2.30 bits per heavy atom. The van der Waals surface area contributed by atoms with Crippen LogP contribution in [0.5, 0.6) is 0 Å². The second-order valence-electron chi connectivity index (χ2n) is 5.21. The SMILES string of the molecule is CCC(C)(CC)NS(=O)(=O)c1ccc(C(N)=S)c(C)c1. The fraction of sp³-hybridized carbons (Fsp3) is 0.500. The lowest BCUT2D eigenvalue weighted by Gasteiger charge is -2.27. The molecule has 0 aliphatic heterocycles. The van der Waals surface area contributed by atoms with E-state index in [9.17, 15) is 8.42 Å². The molecule has 0 bridgehead atoms. The van der Waals surface area contributed by atoms with Gasteiger partial charge in [-0.05, 0) is 44.4 Å². The molecule has 6 heteroatoms. The minimum Gasteiger partial charge on any atom is -0.389 e. The van der Waals surface area contributed by atoms with Crippen molar-refractivity contribution in [2.45, 2.75) is 51.0 Å². The quantitative estimate of drug-likeness (QED) is 0.791. The monoisotopic (exact) mass is 314 g/mol. The number of hydrogen-bond donors (Lipinski definition) is 2. The first-order chi connectivity index (χ1) is 9.15. The van der Waals surface area contributed by atoms with E-state index < -0.39 is 15.6 Å². The maximum Gasteiger partial charge on any atom is 0.241 e. The average molecular weight is 314 g/mol. The highest BCUT2D eigenvalue weighted by molar-refractivity contribution is 7.89. The third-order valence-electron chi connectivity index (χ3n) is 3.72. The third-order valence-corrected chi connectivity index (χ3v) is 5.57. The van der Waals surface area contributed by atoms with Crippen molar-refractivity contribution in [3.8, 4) is 0 Å². The van der Waals surface area contributed by atoms with Crippen LogP contribution in [0.3, 0.4) is 0 Å². The van der Waals surface area contributed by atoms with Gasteiger partial charge in [-0.3, -0.25) is 0 Å². The fourth-order valence-electron chi connectivity index (χ4n) is 1.86. The van der Waals surface area contributed by atoms with Gasteiger partial charge in [-0.25, -0.2) is 13.1 Å². The number of thiocarbonyl (C=S) groups is 1. The van der Waals surface area contributed by atoms with Gasteiger partial charge in [0, 0.05) is 11.1 Å². The first-order valence-electron chi connectivity index (χ1n) is 6.59. The van der Waals surface area contributed by atoms with E-state index in [4.69, 9.17) is 18.0 Å². The predicted molar refractivity (Wildman–Crippen MR) is 86.4 cm³/mol. The molecule has 0 atom stereocenters. The largest absolute Gasteiger partial charge is 0.389 e. The van der Waals surface area contributed by atoms with E-state index in [0.29, 0.717) is 5.56 Å². The molecule has 112 valence electrons. The van der Waals surface area contributed by atoms with Gasteiger partial charge < -0.3 is 5.73 Å². The summed E-state index contributed by atoms with van der Waals surface area (Å²) in [6.45, 7) is 7.63. The summed E-state index contributed by atoms with van der Waals surface area (Å²) >= 11 is 4.92. The molecule has 3 N–H and O–H groups in total. The van der Waals surface area contributed by atoms with Crippen molar-refractivity contribution in [3.63, 3.8) is 0 Å². The molecule has 0 saturated carbocycles. The van der Waals surface area contributed by atoms with Gasteiger partial charge in [-0.15, -0.1) is 0 Å². The Hall–Kier alpha value is -0.980. The van der Waals surface area contributed by atoms with Crippen LogP contribution in [0.25, 0.3) is 0 Å². The Kier molecular flexibility index (Phi) is 5.29. The van der Waals surface area contributed by atoms with Gasteiger partial charge in [0.05, 0.1) is 4.90 Å². The summed E-state index contributed by atoms with van der Waals surface area (Å²) in [5.41, 5.74) is 6.61. The van der Waals surface area contributed by atoms with Crippen LogP contribution in [-0.4, -0.2) is 18.9 Å². The molecular formula is C14H22N2O2S2. The Morgan fingerprint density at radius 1 is 1.35 bits per heavy atom. The third kappa shape index (κ3) is 3.77. The summed E-state index contributed by atoms with van der Waals surface area (Å²) in [4.78, 5) is 0.509. The maximum absolute atomic E-state index is 12.4. The number of nitrogens with two attached hydrogens (primary N) is 1. The van der Waals surface area contributed by atoms with E-state index in [1.54, 1.807) is 19.1 Å². The normalized spacial score (nSPS) is 12.4. The summed E-state index contributed by atoms with van der Waals surface area (Å²) in [5.74, 6) is 0. The van der Waals surface area contributed by atoms with Gasteiger partial charge in [0.2, 0.25) is 10.0 Å². The average Bonchev–Trinajstić information content (AvgIpc) is 2.37. The molecule has 20 heavy (non-hydrogen) atoms. The van der Waals surface area contributed by atoms with Crippen LogP contribution in [0.2, 0.25) is 0 Å². The second kappa shape index (κ2) is 6.20. The Labute approximate surface area is 126 Å². The van der Waals surface area contributed by atoms with Gasteiger partial charge in [0.1, 0.15) is 4.99 Å². The van der Waals surface area contributed by atoms with E-state index in [1.807, 2.05) is 20.8 Å². The van der Waals surface area contributed by atoms with Crippen molar-refractivity contribution in [3.05, 3.63) is 29.3 Å². The van der Waals surface area contributed by atoms with Crippen LogP contribution < -0.4 is 10.5 Å². The van der Waals surface area contributed by atoms with Crippen LogP contribution in [0.15, 0.2) is 23.1 Å². The molecule has 1 aromatic rings. The van der Waals surface area contributed by atoms with Crippen molar-refractivity contribution in [2.75, 3.05) is 0 Å². The summed E-state index contributed by atoms with van der Waals surface area (Å²) in [6, 6.07) is 4.79. The van der Waals surface area contributed by atoms with Gasteiger partial charge in [-0.1, -0.05) is 32.1 Å². The van der Waals surface area contributed by atoms with Crippen molar-refractivity contribution < 1.29 is 8.42 Å². The van der Waals surface area contributed by atoms with E-state index in [2.05, 4.69) is 4.72 Å². The molecule has 0 aromatic heterocycles. The van der Waals surface area contributed by atoms with Crippen molar-refractivity contribution in [1.82, 2.24) is 4.72 Å². The highest BCUT2D eigenvalue weighted by Crippen LogP contribution is 2.21. The fourth-order valence-corrected chi connectivity index (χ4v) is 3.72. The molecular weight excluding hydrogens is 292 g/mol. The van der Waals surface area contributed by atoms with Crippen LogP contribution in [0, 0.1) is 6.92 Å². The lowest BCUT2D eigenvalue weighted by atomic mass is 9.98. The van der Waals surface area contributed by atoms with Crippen molar-refractivity contribution in [2.24, 2.45) is 5.73 Å². The minimum atomic E-state index is -3.54. The van der Waals surface area contributed by atoms with Gasteiger partial charge in [0.15, 0.2) is 0 Å². The molecule has 0 saturated heterocycles. The summed E-state index contributed by atoms with van der Waals surface area (Å²) in [7, 11) is -3.54. The topological polar surface area (TPSA) is 72.2 Å². The molecule has 0 fully saturated rings. The van der Waals surface area contributed by atoms with Crippen molar-refractivity contribution >= 4 is 27.2 Å². The number of nitrogens with one attached hydrogen (secondary N) is 1. The molecule has 0 spiro atoms. The van der Waals surface area contributed by atoms with Gasteiger partial charge >= 0.3 is 0 Å². The minimum absolute atomic E-state index is 0.239. The Morgan fingerprint density at radius 2 is 1.90 bits per heavy atom. The number of benzene rings is 1. The van der Waals surface area contributed by atoms with E-state index in [1.165, 1.54) is 6.07 Å². The Balaban J connectivity index is 3.17. The Bertz CT molecular complexity index is 606. The van der Waals surface area contributed by atoms with E-state index >= 15 is 0 Å². The lowest BCUT2D eigenvalue weighted by Crippen LogP contribution is -2.44. The smallest absolute Gasteiger partial charge is 0.241 e. The summed E-state index contributed by atoms with van der Waals surface area (Å²) < 4.78 is 27.6. The highest BCUT2D eigenvalue weighted by atomic mass is 32.2. The van der Waals surface area contributed by atoms with Crippen molar-refractivity contribution in [1.29, 1.82) is 0 Å². The van der Waals surface area contributed by atoms with Gasteiger partial charge in [0.25, 0.3) is 0 Å². The zero-order valence-electron chi connectivity index (χ0n) is 12.4. The molecule has 0 aliphatic rings. The molecule has 0 unspecified atom stereocenters. The maximum atomic E-state index is 12.4. The van der Waals surface area contributed by atoms with E-state index in [0.717, 1.165) is 18.4 Å². The standard InChI is InChI=1S/C14H22N2O2S2/c1-5-14(4,6-2)16-20(17,18)11-7-8-12(13(15)19)10(3)9-11/h7-9,16H,5-6H2,1-4H3,(H2,15,19). The van der Waals surface area contributed by atoms with E-state index in [-0.39, 0.29) is 9.88 Å². The number of rotatable bonds is 6. The first kappa shape index (κ1) is 17.1. The van der Waals surface area contributed by atoms with Crippen LogP contribution in [0.4, 0.5) is 0 Å². The van der Waals surface area contributed by atoms with Crippen LogP contribution >= 0.6 is 12.2 Å². The predicted octanol–water partition coefficient (Wildman–Crippen LogP) is 2.49. The molecule has 0 heterocycles. The van der Waals surface area contributed by atoms with Crippen LogP contribution in [0.1, 0.15) is 44.7 Å². The van der Waals surface area contributed by atoms with Crippen LogP contribution in [-0.2, 0) is 10.0 Å². The first-order valence-corrected chi connectivity index (χ1v) is 8.49. The molecule has 1 aromatic carbocycles. The molecule has 0 aliphatic carbocycles. The second-order valence-corrected chi connectivity index (χ2v) is 7.34. The zero-order valence-corrected chi connectivity index (χ0v) is 14.0. The molecule has 0 amide bonds. The number of hydrogen-bond acceptors (Lipinski definition) is 3. The molecule has 1 rings (SSSR count). The summed E-state index contributed by atoms with van der Waals surface area (Å²) in [6.07, 6.45) is 1.46. The molecule has 4 nitrogen and oxygen atoms in total. The lowest BCUT2D eigenvalue weighted by molar-refractivity contribution is 0.388. The number of aryl methyl sites for hydroxylation is 1. The van der Waals surface area contributed by atoms with Gasteiger partial charge in [-0.2, -0.15) is 0 Å².